The monoisotopic (exact) mass is 292 g/mol. The van der Waals surface area contributed by atoms with E-state index in [4.69, 9.17) is 5.73 Å². The van der Waals surface area contributed by atoms with Crippen LogP contribution in [0.5, 0.6) is 0 Å². The van der Waals surface area contributed by atoms with Gasteiger partial charge in [0.15, 0.2) is 5.71 Å². The fraction of sp³-hybridized carbons (Fsp3) is 0.0714. The van der Waals surface area contributed by atoms with Gasteiger partial charge in [0.1, 0.15) is 5.52 Å². The number of fused-ring (bicyclic) bond motifs is 1. The zero-order valence-corrected chi connectivity index (χ0v) is 10.8. The molecule has 2 aromatic rings. The van der Waals surface area contributed by atoms with Gasteiger partial charge in [0.05, 0.1) is 11.2 Å². The molecule has 0 aliphatic rings. The minimum Gasteiger partial charge on any atom is -0.404 e. The second-order valence-electron chi connectivity index (χ2n) is 3.99. The molecule has 0 amide bonds. The molecule has 21 heavy (non-hydrogen) atoms. The van der Waals surface area contributed by atoms with E-state index in [1.165, 1.54) is 18.5 Å². The summed E-state index contributed by atoms with van der Waals surface area (Å²) in [5, 5.41) is 0. The fourth-order valence-corrected chi connectivity index (χ4v) is 1.71. The maximum atomic E-state index is 13.1. The summed E-state index contributed by atoms with van der Waals surface area (Å²) in [4.78, 5) is 11.7. The van der Waals surface area contributed by atoms with Gasteiger partial charge in [-0.2, -0.15) is 13.2 Å². The highest BCUT2D eigenvalue weighted by Gasteiger charge is 2.37. The van der Waals surface area contributed by atoms with Gasteiger partial charge in [-0.3, -0.25) is 9.97 Å². The van der Waals surface area contributed by atoms with Gasteiger partial charge >= 0.3 is 6.18 Å². The van der Waals surface area contributed by atoms with Crippen molar-refractivity contribution < 1.29 is 13.2 Å². The van der Waals surface area contributed by atoms with Gasteiger partial charge < -0.3 is 5.73 Å². The van der Waals surface area contributed by atoms with Crippen LogP contribution < -0.4 is 5.73 Å². The molecule has 0 aliphatic heterocycles. The third-order valence-electron chi connectivity index (χ3n) is 2.65. The van der Waals surface area contributed by atoms with E-state index in [9.17, 15) is 13.2 Å². The van der Waals surface area contributed by atoms with Crippen LogP contribution in [0.4, 0.5) is 18.9 Å². The number of nitrogens with two attached hydrogens (primary N) is 1. The molecule has 0 aliphatic carbocycles. The predicted molar refractivity (Wildman–Crippen MR) is 75.2 cm³/mol. The van der Waals surface area contributed by atoms with E-state index >= 15 is 0 Å². The minimum absolute atomic E-state index is 0.0640. The Kier molecular flexibility index (Phi) is 4.02. The molecule has 0 unspecified atom stereocenters. The Bertz CT molecular complexity index is 727. The standard InChI is InChI=1S/C14H11F3N4/c1-2-9(8-18)13(14(15,16)17)21-11-5-7-19-10-4-3-6-20-12(10)11/h2-8H,1,18H2. The SMILES string of the molecule is C=CC(=CN)C(=Nc1ccnc2cccnc12)C(F)(F)F. The van der Waals surface area contributed by atoms with Gasteiger partial charge in [-0.25, -0.2) is 4.99 Å². The normalized spacial score (nSPS) is 13.5. The van der Waals surface area contributed by atoms with E-state index in [0.29, 0.717) is 5.52 Å². The molecular formula is C14H11F3N4. The second-order valence-corrected chi connectivity index (χ2v) is 3.99. The van der Waals surface area contributed by atoms with Crippen molar-refractivity contribution in [2.24, 2.45) is 10.7 Å². The van der Waals surface area contributed by atoms with Crippen LogP contribution in [-0.2, 0) is 0 Å². The van der Waals surface area contributed by atoms with E-state index < -0.39 is 11.9 Å². The number of rotatable bonds is 3. The van der Waals surface area contributed by atoms with Crippen molar-refractivity contribution in [2.75, 3.05) is 0 Å². The highest BCUT2D eigenvalue weighted by atomic mass is 19.4. The first-order chi connectivity index (χ1) is 9.97. The van der Waals surface area contributed by atoms with Crippen molar-refractivity contribution in [1.29, 1.82) is 0 Å². The number of halogens is 3. The average molecular weight is 292 g/mol. The van der Waals surface area contributed by atoms with Crippen LogP contribution in [0.3, 0.4) is 0 Å². The summed E-state index contributed by atoms with van der Waals surface area (Å²) >= 11 is 0. The number of hydrogen-bond acceptors (Lipinski definition) is 4. The molecular weight excluding hydrogens is 281 g/mol. The lowest BCUT2D eigenvalue weighted by Crippen LogP contribution is -2.24. The topological polar surface area (TPSA) is 64.2 Å². The number of hydrogen-bond donors (Lipinski definition) is 1. The zero-order chi connectivity index (χ0) is 15.5. The Labute approximate surface area is 118 Å². The van der Waals surface area contributed by atoms with Crippen LogP contribution in [0.1, 0.15) is 0 Å². The molecule has 0 spiro atoms. The van der Waals surface area contributed by atoms with E-state index in [0.717, 1.165) is 12.3 Å². The zero-order valence-electron chi connectivity index (χ0n) is 10.8. The van der Waals surface area contributed by atoms with Crippen LogP contribution in [0, 0.1) is 0 Å². The average Bonchev–Trinajstić information content (AvgIpc) is 2.46. The van der Waals surface area contributed by atoms with E-state index in [2.05, 4.69) is 21.5 Å². The third kappa shape index (κ3) is 3.07. The molecule has 4 nitrogen and oxygen atoms in total. The van der Waals surface area contributed by atoms with Crippen LogP contribution in [0.15, 0.2) is 60.0 Å². The van der Waals surface area contributed by atoms with Crippen molar-refractivity contribution in [3.63, 3.8) is 0 Å². The smallest absolute Gasteiger partial charge is 0.404 e. The quantitative estimate of drug-likeness (QED) is 0.697. The molecule has 0 radical (unpaired) electrons. The number of allylic oxidation sites excluding steroid dienone is 2. The largest absolute Gasteiger partial charge is 0.434 e. The molecule has 0 bridgehead atoms. The Morgan fingerprint density at radius 2 is 2.00 bits per heavy atom. The van der Waals surface area contributed by atoms with Crippen LogP contribution >= 0.6 is 0 Å². The first kappa shape index (κ1) is 14.7. The Morgan fingerprint density at radius 1 is 1.24 bits per heavy atom. The first-order valence-electron chi connectivity index (χ1n) is 5.87. The molecule has 2 N–H and O–H groups in total. The van der Waals surface area contributed by atoms with Gasteiger partial charge in [-0.1, -0.05) is 12.7 Å². The van der Waals surface area contributed by atoms with E-state index in [1.54, 1.807) is 12.1 Å². The Morgan fingerprint density at radius 3 is 2.62 bits per heavy atom. The van der Waals surface area contributed by atoms with Gasteiger partial charge in [-0.05, 0) is 18.2 Å². The molecule has 2 aromatic heterocycles. The number of aliphatic imine (C=N–C) groups is 1. The maximum absolute atomic E-state index is 13.1. The lowest BCUT2D eigenvalue weighted by Gasteiger charge is -2.11. The molecule has 0 saturated carbocycles. The van der Waals surface area contributed by atoms with Crippen molar-refractivity contribution >= 4 is 22.4 Å². The summed E-state index contributed by atoms with van der Waals surface area (Å²) < 4.78 is 39.4. The minimum atomic E-state index is -4.66. The molecule has 0 fully saturated rings. The molecule has 0 aromatic carbocycles. The van der Waals surface area contributed by atoms with Gasteiger partial charge in [-0.15, -0.1) is 0 Å². The molecule has 2 heterocycles. The van der Waals surface area contributed by atoms with Crippen LogP contribution in [0.2, 0.25) is 0 Å². The lowest BCUT2D eigenvalue weighted by molar-refractivity contribution is -0.0580. The van der Waals surface area contributed by atoms with Crippen molar-refractivity contribution in [3.05, 3.63) is 55.0 Å². The highest BCUT2D eigenvalue weighted by molar-refractivity contribution is 6.08. The molecule has 0 atom stereocenters. The molecule has 2 rings (SSSR count). The molecule has 7 heteroatoms. The van der Waals surface area contributed by atoms with Gasteiger partial charge in [0, 0.05) is 24.2 Å². The van der Waals surface area contributed by atoms with E-state index in [-0.39, 0.29) is 16.8 Å². The summed E-state index contributed by atoms with van der Waals surface area (Å²) in [6, 6.07) is 4.64. The number of nitrogens with zero attached hydrogens (tertiary/aromatic N) is 3. The summed E-state index contributed by atoms with van der Waals surface area (Å²) in [5.74, 6) is 0. The Hall–Kier alpha value is -2.70. The maximum Gasteiger partial charge on any atom is 0.434 e. The predicted octanol–water partition coefficient (Wildman–Crippen LogP) is 3.29. The van der Waals surface area contributed by atoms with Crippen LogP contribution in [-0.4, -0.2) is 21.9 Å². The van der Waals surface area contributed by atoms with Crippen molar-refractivity contribution in [2.45, 2.75) is 6.18 Å². The van der Waals surface area contributed by atoms with Crippen LogP contribution in [0.25, 0.3) is 11.0 Å². The Balaban J connectivity index is 2.69. The lowest BCUT2D eigenvalue weighted by atomic mass is 10.1. The number of alkyl halides is 3. The second kappa shape index (κ2) is 5.74. The number of pyridine rings is 2. The summed E-state index contributed by atoms with van der Waals surface area (Å²) in [7, 11) is 0. The molecule has 108 valence electrons. The molecule has 0 saturated heterocycles. The first-order valence-corrected chi connectivity index (χ1v) is 5.87. The van der Waals surface area contributed by atoms with Crippen molar-refractivity contribution in [3.8, 4) is 0 Å². The summed E-state index contributed by atoms with van der Waals surface area (Å²) in [5.41, 5.74) is 4.58. The van der Waals surface area contributed by atoms with Crippen molar-refractivity contribution in [1.82, 2.24) is 9.97 Å². The fourth-order valence-electron chi connectivity index (χ4n) is 1.71. The summed E-state index contributed by atoms with van der Waals surface area (Å²) in [6.07, 6.45) is -0.0108. The highest BCUT2D eigenvalue weighted by Crippen LogP contribution is 2.28. The number of aromatic nitrogens is 2. The van der Waals surface area contributed by atoms with Gasteiger partial charge in [0.25, 0.3) is 0 Å². The summed E-state index contributed by atoms with van der Waals surface area (Å²) in [6.45, 7) is 3.31. The van der Waals surface area contributed by atoms with E-state index in [1.807, 2.05) is 0 Å². The van der Waals surface area contributed by atoms with Gasteiger partial charge in [0.2, 0.25) is 0 Å². The third-order valence-corrected chi connectivity index (χ3v) is 2.65.